The topological polar surface area (TPSA) is 116 Å². The van der Waals surface area contributed by atoms with Crippen molar-refractivity contribution in [1.29, 1.82) is 0 Å². The van der Waals surface area contributed by atoms with E-state index in [0.717, 1.165) is 0 Å². The molecule has 0 radical (unpaired) electrons. The number of amides is 2. The van der Waals surface area contributed by atoms with E-state index in [2.05, 4.69) is 31.3 Å². The number of hydrogen-bond acceptors (Lipinski definition) is 6. The van der Waals surface area contributed by atoms with Gasteiger partial charge in [0.05, 0.1) is 19.0 Å². The summed E-state index contributed by atoms with van der Waals surface area (Å²) in [7, 11) is 0. The Morgan fingerprint density at radius 1 is 1.40 bits per heavy atom. The van der Waals surface area contributed by atoms with Gasteiger partial charge in [-0.25, -0.2) is 4.39 Å². The summed E-state index contributed by atoms with van der Waals surface area (Å²) < 4.78 is 13.9. The Morgan fingerprint density at radius 2 is 2.24 bits per heavy atom. The van der Waals surface area contributed by atoms with Gasteiger partial charge in [-0.3, -0.25) is 14.5 Å². The zero-order valence-corrected chi connectivity index (χ0v) is 13.4. The number of piperazine rings is 1. The van der Waals surface area contributed by atoms with E-state index in [-0.39, 0.29) is 37.1 Å². The fourth-order valence-electron chi connectivity index (χ4n) is 2.70. The van der Waals surface area contributed by atoms with Crippen LogP contribution >= 0.6 is 0 Å². The number of aromatic nitrogens is 4. The number of carbonyl (C=O) groups excluding carboxylic acids is 2. The van der Waals surface area contributed by atoms with Gasteiger partial charge in [0, 0.05) is 25.2 Å². The molecule has 2 aromatic rings. The summed E-state index contributed by atoms with van der Waals surface area (Å²) in [6.45, 7) is 1.40. The van der Waals surface area contributed by atoms with Crippen LogP contribution in [0.5, 0.6) is 0 Å². The molecule has 3 N–H and O–H groups in total. The van der Waals surface area contributed by atoms with Crippen LogP contribution in [0.3, 0.4) is 0 Å². The molecule has 25 heavy (non-hydrogen) atoms. The van der Waals surface area contributed by atoms with Gasteiger partial charge in [-0.2, -0.15) is 5.21 Å². The standard InChI is InChI=1S/C15H18FN7O2/c16-11-4-2-1-3-10(11)9-23-6-5-17-15(25)12(23)7-14(24)18-8-13-19-21-22-20-13/h1-4,12H,5-9H2,(H,17,25)(H,18,24)(H,19,20,21,22)/t12-/m0/s1. The van der Waals surface area contributed by atoms with Gasteiger partial charge >= 0.3 is 0 Å². The van der Waals surface area contributed by atoms with Gasteiger partial charge in [0.15, 0.2) is 5.82 Å². The van der Waals surface area contributed by atoms with Gasteiger partial charge in [0.25, 0.3) is 0 Å². The molecule has 1 aromatic heterocycles. The minimum absolute atomic E-state index is 0.0296. The second-order valence-corrected chi connectivity index (χ2v) is 5.68. The Hall–Kier alpha value is -2.88. The van der Waals surface area contributed by atoms with Crippen LogP contribution in [0.25, 0.3) is 0 Å². The van der Waals surface area contributed by atoms with Crippen molar-refractivity contribution in [2.75, 3.05) is 13.1 Å². The second-order valence-electron chi connectivity index (χ2n) is 5.68. The lowest BCUT2D eigenvalue weighted by Gasteiger charge is -2.34. The molecule has 0 aliphatic carbocycles. The molecule has 3 rings (SSSR count). The van der Waals surface area contributed by atoms with Crippen LogP contribution in [0.2, 0.25) is 0 Å². The lowest BCUT2D eigenvalue weighted by molar-refractivity contribution is -0.134. The number of halogens is 1. The van der Waals surface area contributed by atoms with Crippen LogP contribution in [0.15, 0.2) is 24.3 Å². The summed E-state index contributed by atoms with van der Waals surface area (Å²) >= 11 is 0. The fourth-order valence-corrected chi connectivity index (χ4v) is 2.70. The molecule has 0 saturated carbocycles. The number of nitrogens with one attached hydrogen (secondary N) is 3. The van der Waals surface area contributed by atoms with Crippen molar-refractivity contribution in [1.82, 2.24) is 36.2 Å². The van der Waals surface area contributed by atoms with E-state index in [1.165, 1.54) is 6.07 Å². The Morgan fingerprint density at radius 3 is 3.00 bits per heavy atom. The number of tetrazole rings is 1. The SMILES string of the molecule is O=C(C[C@H]1C(=O)NCCN1Cc1ccccc1F)NCc1nn[nH]n1. The number of rotatable bonds is 6. The second kappa shape index (κ2) is 7.79. The maximum Gasteiger partial charge on any atom is 0.237 e. The zero-order chi connectivity index (χ0) is 17.6. The van der Waals surface area contributed by atoms with E-state index in [4.69, 9.17) is 0 Å². The van der Waals surface area contributed by atoms with E-state index >= 15 is 0 Å². The Kier molecular flexibility index (Phi) is 5.29. The van der Waals surface area contributed by atoms with Crippen molar-refractivity contribution in [3.05, 3.63) is 41.5 Å². The first-order chi connectivity index (χ1) is 12.1. The van der Waals surface area contributed by atoms with Crippen LogP contribution in [0.1, 0.15) is 17.8 Å². The predicted molar refractivity (Wildman–Crippen MR) is 84.2 cm³/mol. The normalized spacial score (nSPS) is 18.0. The molecular weight excluding hydrogens is 329 g/mol. The van der Waals surface area contributed by atoms with Crippen molar-refractivity contribution in [2.45, 2.75) is 25.6 Å². The minimum Gasteiger partial charge on any atom is -0.353 e. The number of nitrogens with zero attached hydrogens (tertiary/aromatic N) is 4. The van der Waals surface area contributed by atoms with Gasteiger partial charge in [-0.15, -0.1) is 10.2 Å². The van der Waals surface area contributed by atoms with Crippen LogP contribution in [0, 0.1) is 5.82 Å². The smallest absolute Gasteiger partial charge is 0.237 e. The maximum absolute atomic E-state index is 13.9. The van der Waals surface area contributed by atoms with E-state index in [9.17, 15) is 14.0 Å². The van der Waals surface area contributed by atoms with Gasteiger partial charge < -0.3 is 10.6 Å². The summed E-state index contributed by atoms with van der Waals surface area (Å²) in [6, 6.07) is 5.76. The van der Waals surface area contributed by atoms with E-state index in [1.807, 2.05) is 4.90 Å². The monoisotopic (exact) mass is 347 g/mol. The molecule has 1 atom stereocenters. The molecular formula is C15H18FN7O2. The highest BCUT2D eigenvalue weighted by Crippen LogP contribution is 2.16. The third-order valence-electron chi connectivity index (χ3n) is 3.98. The fraction of sp³-hybridized carbons (Fsp3) is 0.400. The lowest BCUT2D eigenvalue weighted by Crippen LogP contribution is -2.56. The third kappa shape index (κ3) is 4.35. The Balaban J connectivity index is 1.62. The first kappa shape index (κ1) is 17.0. The average Bonchev–Trinajstić information content (AvgIpc) is 3.12. The molecule has 1 saturated heterocycles. The Bertz CT molecular complexity index is 737. The molecule has 1 aliphatic rings. The quantitative estimate of drug-likeness (QED) is 0.639. The number of carbonyl (C=O) groups is 2. The summed E-state index contributed by atoms with van der Waals surface area (Å²) in [5, 5.41) is 18.6. The molecule has 132 valence electrons. The Labute approximate surface area is 143 Å². The van der Waals surface area contributed by atoms with Crippen molar-refractivity contribution in [3.8, 4) is 0 Å². The molecule has 0 unspecified atom stereocenters. The molecule has 1 aliphatic heterocycles. The largest absolute Gasteiger partial charge is 0.353 e. The van der Waals surface area contributed by atoms with Crippen LogP contribution < -0.4 is 10.6 Å². The third-order valence-corrected chi connectivity index (χ3v) is 3.98. The number of benzene rings is 1. The summed E-state index contributed by atoms with van der Waals surface area (Å²) in [5.74, 6) is -0.527. The number of H-pyrrole nitrogens is 1. The molecule has 2 heterocycles. The molecule has 1 fully saturated rings. The molecule has 0 bridgehead atoms. The molecule has 2 amide bonds. The first-order valence-corrected chi connectivity index (χ1v) is 7.87. The highest BCUT2D eigenvalue weighted by atomic mass is 19.1. The maximum atomic E-state index is 13.9. The number of hydrogen-bond donors (Lipinski definition) is 3. The average molecular weight is 347 g/mol. The molecule has 1 aromatic carbocycles. The van der Waals surface area contributed by atoms with E-state index in [1.54, 1.807) is 18.2 Å². The van der Waals surface area contributed by atoms with Crippen LogP contribution in [0.4, 0.5) is 4.39 Å². The van der Waals surface area contributed by atoms with Gasteiger partial charge in [0.2, 0.25) is 11.8 Å². The predicted octanol–water partition coefficient (Wildman–Crippen LogP) is -0.654. The highest BCUT2D eigenvalue weighted by molar-refractivity contribution is 5.88. The molecule has 10 heteroatoms. The molecule has 0 spiro atoms. The lowest BCUT2D eigenvalue weighted by atomic mass is 10.1. The van der Waals surface area contributed by atoms with Crippen molar-refractivity contribution >= 4 is 11.8 Å². The molecule has 9 nitrogen and oxygen atoms in total. The summed E-state index contributed by atoms with van der Waals surface area (Å²) in [6.07, 6.45) is -0.0296. The van der Waals surface area contributed by atoms with E-state index in [0.29, 0.717) is 24.5 Å². The van der Waals surface area contributed by atoms with Gasteiger partial charge in [-0.05, 0) is 6.07 Å². The van der Waals surface area contributed by atoms with Gasteiger partial charge in [0.1, 0.15) is 5.82 Å². The minimum atomic E-state index is -0.654. The van der Waals surface area contributed by atoms with Crippen molar-refractivity contribution in [3.63, 3.8) is 0 Å². The first-order valence-electron chi connectivity index (χ1n) is 7.87. The zero-order valence-electron chi connectivity index (χ0n) is 13.4. The summed E-state index contributed by atoms with van der Waals surface area (Å²) in [4.78, 5) is 26.1. The van der Waals surface area contributed by atoms with Crippen LogP contribution in [-0.4, -0.2) is 56.5 Å². The number of aromatic amines is 1. The summed E-state index contributed by atoms with van der Waals surface area (Å²) in [5.41, 5.74) is 0.495. The highest BCUT2D eigenvalue weighted by Gasteiger charge is 2.31. The van der Waals surface area contributed by atoms with Crippen molar-refractivity contribution in [2.24, 2.45) is 0 Å². The van der Waals surface area contributed by atoms with E-state index < -0.39 is 6.04 Å². The van der Waals surface area contributed by atoms with Crippen molar-refractivity contribution < 1.29 is 14.0 Å². The van der Waals surface area contributed by atoms with Gasteiger partial charge in [-0.1, -0.05) is 23.4 Å². The van der Waals surface area contributed by atoms with Crippen LogP contribution in [-0.2, 0) is 22.7 Å².